The van der Waals surface area contributed by atoms with Crippen molar-refractivity contribution in [2.75, 3.05) is 0 Å². The summed E-state index contributed by atoms with van der Waals surface area (Å²) in [5, 5.41) is 4.00. The number of hydrogen-bond donors (Lipinski definition) is 1. The summed E-state index contributed by atoms with van der Waals surface area (Å²) in [6, 6.07) is 25.2. The number of carbonyl (C=O) groups is 2. The Hall–Kier alpha value is -4.45. The highest BCUT2D eigenvalue weighted by Crippen LogP contribution is 2.15. The van der Waals surface area contributed by atoms with Gasteiger partial charge in [-0.15, -0.1) is 0 Å². The first-order valence-corrected chi connectivity index (χ1v) is 10.0. The number of benzene rings is 3. The van der Waals surface area contributed by atoms with Crippen molar-refractivity contribution < 1.29 is 14.3 Å². The number of aromatic nitrogens is 1. The van der Waals surface area contributed by atoms with E-state index in [2.05, 4.69) is 10.5 Å². The van der Waals surface area contributed by atoms with Gasteiger partial charge in [0.2, 0.25) is 0 Å². The summed E-state index contributed by atoms with van der Waals surface area (Å²) in [5.74, 6) is -0.272. The van der Waals surface area contributed by atoms with Gasteiger partial charge in [0.25, 0.3) is 5.91 Å². The SMILES string of the molecule is Cc1ccccc1C(=O)Oc1ccc(/C=N/NC(=O)c2ccc(-n3cccc3)cc2)cc1. The Balaban J connectivity index is 1.32. The average Bonchev–Trinajstić information content (AvgIpc) is 3.35. The summed E-state index contributed by atoms with van der Waals surface area (Å²) in [6.45, 7) is 1.86. The second kappa shape index (κ2) is 9.57. The summed E-state index contributed by atoms with van der Waals surface area (Å²) in [5.41, 5.74) is 6.14. The Labute approximate surface area is 185 Å². The van der Waals surface area contributed by atoms with Crippen LogP contribution in [0.1, 0.15) is 31.8 Å². The molecule has 0 spiro atoms. The Morgan fingerprint density at radius 3 is 2.25 bits per heavy atom. The smallest absolute Gasteiger partial charge is 0.343 e. The van der Waals surface area contributed by atoms with Gasteiger partial charge in [-0.2, -0.15) is 5.10 Å². The van der Waals surface area contributed by atoms with Crippen molar-refractivity contribution in [3.63, 3.8) is 0 Å². The van der Waals surface area contributed by atoms with Crippen LogP contribution in [0.3, 0.4) is 0 Å². The van der Waals surface area contributed by atoms with E-state index in [0.717, 1.165) is 16.8 Å². The van der Waals surface area contributed by atoms with Crippen molar-refractivity contribution in [2.45, 2.75) is 6.92 Å². The monoisotopic (exact) mass is 423 g/mol. The van der Waals surface area contributed by atoms with E-state index >= 15 is 0 Å². The van der Waals surface area contributed by atoms with Gasteiger partial charge in [0.15, 0.2) is 0 Å². The van der Waals surface area contributed by atoms with Crippen LogP contribution < -0.4 is 10.2 Å². The molecule has 0 aliphatic heterocycles. The van der Waals surface area contributed by atoms with Crippen LogP contribution in [-0.4, -0.2) is 22.7 Å². The van der Waals surface area contributed by atoms with Crippen molar-refractivity contribution in [1.82, 2.24) is 9.99 Å². The number of esters is 1. The van der Waals surface area contributed by atoms with Crippen molar-refractivity contribution in [1.29, 1.82) is 0 Å². The molecule has 6 nitrogen and oxygen atoms in total. The second-order valence-corrected chi connectivity index (χ2v) is 7.11. The van der Waals surface area contributed by atoms with E-state index in [-0.39, 0.29) is 5.91 Å². The first-order chi connectivity index (χ1) is 15.6. The minimum atomic E-state index is -0.403. The molecular weight excluding hydrogens is 402 g/mol. The fourth-order valence-corrected chi connectivity index (χ4v) is 3.11. The number of rotatable bonds is 6. The fourth-order valence-electron chi connectivity index (χ4n) is 3.11. The van der Waals surface area contributed by atoms with Crippen molar-refractivity contribution >= 4 is 18.1 Å². The molecule has 4 aromatic rings. The zero-order valence-electron chi connectivity index (χ0n) is 17.4. The van der Waals surface area contributed by atoms with E-state index in [9.17, 15) is 9.59 Å². The van der Waals surface area contributed by atoms with Crippen molar-refractivity contribution in [3.8, 4) is 11.4 Å². The molecule has 1 N–H and O–H groups in total. The fraction of sp³-hybridized carbons (Fsp3) is 0.0385. The Morgan fingerprint density at radius 2 is 1.56 bits per heavy atom. The first-order valence-electron chi connectivity index (χ1n) is 10.0. The summed E-state index contributed by atoms with van der Waals surface area (Å²) in [7, 11) is 0. The zero-order valence-corrected chi connectivity index (χ0v) is 17.4. The summed E-state index contributed by atoms with van der Waals surface area (Å²) >= 11 is 0. The molecule has 0 saturated carbocycles. The van der Waals surface area contributed by atoms with Gasteiger partial charge in [-0.3, -0.25) is 4.79 Å². The van der Waals surface area contributed by atoms with E-state index in [0.29, 0.717) is 16.9 Å². The summed E-state index contributed by atoms with van der Waals surface area (Å²) in [4.78, 5) is 24.6. The Morgan fingerprint density at radius 1 is 0.875 bits per heavy atom. The van der Waals surface area contributed by atoms with Gasteiger partial charge in [-0.25, -0.2) is 10.2 Å². The Bertz CT molecular complexity index is 1240. The number of nitrogens with zero attached hydrogens (tertiary/aromatic N) is 2. The molecule has 0 fully saturated rings. The molecule has 0 radical (unpaired) electrons. The van der Waals surface area contributed by atoms with Crippen LogP contribution in [-0.2, 0) is 0 Å². The number of nitrogens with one attached hydrogen (secondary N) is 1. The van der Waals surface area contributed by atoms with Gasteiger partial charge < -0.3 is 9.30 Å². The van der Waals surface area contributed by atoms with Gasteiger partial charge in [0.05, 0.1) is 11.8 Å². The highest BCUT2D eigenvalue weighted by Gasteiger charge is 2.10. The van der Waals surface area contributed by atoms with E-state index in [4.69, 9.17) is 4.74 Å². The molecule has 3 aromatic carbocycles. The number of carbonyl (C=O) groups excluding carboxylic acids is 2. The van der Waals surface area contributed by atoms with E-state index < -0.39 is 5.97 Å². The molecule has 1 amide bonds. The molecule has 0 bridgehead atoms. The van der Waals surface area contributed by atoms with Gasteiger partial charge in [-0.1, -0.05) is 18.2 Å². The molecule has 0 aliphatic rings. The largest absolute Gasteiger partial charge is 0.423 e. The minimum Gasteiger partial charge on any atom is -0.423 e. The molecule has 4 rings (SSSR count). The highest BCUT2D eigenvalue weighted by molar-refractivity contribution is 5.95. The van der Waals surface area contributed by atoms with Crippen molar-refractivity contribution in [3.05, 3.63) is 120 Å². The van der Waals surface area contributed by atoms with Crippen LogP contribution in [0.25, 0.3) is 5.69 Å². The molecule has 0 saturated heterocycles. The topological polar surface area (TPSA) is 72.7 Å². The number of hydrogen-bond acceptors (Lipinski definition) is 4. The summed E-state index contributed by atoms with van der Waals surface area (Å²) in [6.07, 6.45) is 5.40. The summed E-state index contributed by atoms with van der Waals surface area (Å²) < 4.78 is 7.38. The molecule has 1 heterocycles. The van der Waals surface area contributed by atoms with Crippen LogP contribution in [0.5, 0.6) is 5.75 Å². The lowest BCUT2D eigenvalue weighted by Gasteiger charge is -2.06. The molecular formula is C26H21N3O3. The third kappa shape index (κ3) is 4.99. The van der Waals surface area contributed by atoms with Crippen LogP contribution in [0.4, 0.5) is 0 Å². The molecule has 6 heteroatoms. The highest BCUT2D eigenvalue weighted by atomic mass is 16.5. The maximum absolute atomic E-state index is 12.3. The van der Waals surface area contributed by atoms with E-state index in [1.165, 1.54) is 6.21 Å². The molecule has 0 aliphatic carbocycles. The third-order valence-corrected chi connectivity index (χ3v) is 4.87. The van der Waals surface area contributed by atoms with Gasteiger partial charge in [0, 0.05) is 23.6 Å². The van der Waals surface area contributed by atoms with E-state index in [1.54, 1.807) is 48.5 Å². The quantitative estimate of drug-likeness (QED) is 0.210. The first kappa shape index (κ1) is 20.8. The number of ether oxygens (including phenoxy) is 1. The van der Waals surface area contributed by atoms with Crippen LogP contribution >= 0.6 is 0 Å². The predicted molar refractivity (Wildman–Crippen MR) is 123 cm³/mol. The van der Waals surface area contributed by atoms with Gasteiger partial charge in [0.1, 0.15) is 5.75 Å². The number of hydrazone groups is 1. The predicted octanol–water partition coefficient (Wildman–Crippen LogP) is 4.77. The van der Waals surface area contributed by atoms with Gasteiger partial charge >= 0.3 is 5.97 Å². The van der Waals surface area contributed by atoms with Crippen LogP contribution in [0.2, 0.25) is 0 Å². The number of amides is 1. The lowest BCUT2D eigenvalue weighted by Crippen LogP contribution is -2.17. The lowest BCUT2D eigenvalue weighted by atomic mass is 10.1. The van der Waals surface area contributed by atoms with Crippen LogP contribution in [0.15, 0.2) is 102 Å². The van der Waals surface area contributed by atoms with E-state index in [1.807, 2.05) is 60.3 Å². The normalized spacial score (nSPS) is 10.8. The average molecular weight is 423 g/mol. The zero-order chi connectivity index (χ0) is 22.3. The molecule has 0 unspecified atom stereocenters. The van der Waals surface area contributed by atoms with Crippen molar-refractivity contribution in [2.24, 2.45) is 5.10 Å². The lowest BCUT2D eigenvalue weighted by molar-refractivity contribution is 0.0733. The minimum absolute atomic E-state index is 0.302. The number of aryl methyl sites for hydroxylation is 1. The molecule has 1 aromatic heterocycles. The second-order valence-electron chi connectivity index (χ2n) is 7.11. The maximum Gasteiger partial charge on any atom is 0.343 e. The van der Waals surface area contributed by atoms with Gasteiger partial charge in [-0.05, 0) is 84.8 Å². The Kier molecular flexibility index (Phi) is 6.22. The maximum atomic E-state index is 12.3. The third-order valence-electron chi connectivity index (χ3n) is 4.87. The molecule has 158 valence electrons. The molecule has 0 atom stereocenters. The molecule has 32 heavy (non-hydrogen) atoms. The van der Waals surface area contributed by atoms with Crippen LogP contribution in [0, 0.1) is 6.92 Å². The standard InChI is InChI=1S/C26H21N3O3/c1-19-6-2-3-7-24(19)26(31)32-23-14-8-20(9-15-23)18-27-28-25(30)21-10-12-22(13-11-21)29-16-4-5-17-29/h2-18H,1H3,(H,28,30)/b27-18+.